The van der Waals surface area contributed by atoms with E-state index in [-0.39, 0.29) is 17.9 Å². The van der Waals surface area contributed by atoms with E-state index in [4.69, 9.17) is 23.7 Å². The van der Waals surface area contributed by atoms with Crippen LogP contribution in [-0.2, 0) is 4.79 Å². The number of rotatable bonds is 4. The minimum Gasteiger partial charge on any atom is -0.370 e. The van der Waals surface area contributed by atoms with E-state index in [9.17, 15) is 4.79 Å². The summed E-state index contributed by atoms with van der Waals surface area (Å²) in [4.78, 5) is 15.0. The molecule has 14 heavy (non-hydrogen) atoms. The number of aliphatic imine (C=N–C) groups is 1. The van der Waals surface area contributed by atoms with E-state index in [1.54, 1.807) is 0 Å². The van der Waals surface area contributed by atoms with E-state index in [1.807, 2.05) is 0 Å². The molecule has 0 radical (unpaired) electrons. The Morgan fingerprint density at radius 2 is 2.29 bits per heavy atom. The maximum absolute atomic E-state index is 11.2. The summed E-state index contributed by atoms with van der Waals surface area (Å²) in [6, 6.07) is -0.239. The smallest absolute Gasteiger partial charge is 0.248 e. The van der Waals surface area contributed by atoms with E-state index in [0.29, 0.717) is 18.1 Å². The van der Waals surface area contributed by atoms with Crippen LogP contribution in [0.15, 0.2) is 4.99 Å². The predicted molar refractivity (Wildman–Crippen MR) is 57.6 cm³/mol. The fourth-order valence-corrected chi connectivity index (χ4v) is 1.41. The highest BCUT2D eigenvalue weighted by Gasteiger charge is 2.25. The number of hydrogen-bond donors (Lipinski definition) is 4. The van der Waals surface area contributed by atoms with Gasteiger partial charge in [-0.25, -0.2) is 0 Å². The Labute approximate surface area is 87.1 Å². The molecule has 0 aliphatic carbocycles. The standard InChI is InChI=1S/C7H13N5OS/c8-6(9)10-3-1-2-4-5(13)12-7(14)11-4/h4H,1-3H2,(H4,8,9,10)(H2,11,12,13,14)/t4-/m0/s1. The lowest BCUT2D eigenvalue weighted by Gasteiger charge is -2.05. The molecule has 0 bridgehead atoms. The molecule has 1 fully saturated rings. The average molecular weight is 215 g/mol. The van der Waals surface area contributed by atoms with Gasteiger partial charge in [0.25, 0.3) is 0 Å². The lowest BCUT2D eigenvalue weighted by Crippen LogP contribution is -2.29. The highest BCUT2D eigenvalue weighted by atomic mass is 32.1. The summed E-state index contributed by atoms with van der Waals surface area (Å²) in [5.74, 6) is -0.0101. The van der Waals surface area contributed by atoms with Crippen LogP contribution in [-0.4, -0.2) is 29.6 Å². The molecule has 1 aliphatic rings. The fourth-order valence-electron chi connectivity index (χ4n) is 1.17. The number of thiocarbonyl (C=S) groups is 1. The van der Waals surface area contributed by atoms with Gasteiger partial charge in [-0.15, -0.1) is 0 Å². The molecule has 0 aromatic heterocycles. The van der Waals surface area contributed by atoms with Crippen LogP contribution >= 0.6 is 12.2 Å². The maximum atomic E-state index is 11.2. The molecule has 6 nitrogen and oxygen atoms in total. The van der Waals surface area contributed by atoms with Gasteiger partial charge >= 0.3 is 0 Å². The number of amides is 1. The van der Waals surface area contributed by atoms with E-state index in [1.165, 1.54) is 0 Å². The molecule has 1 aliphatic heterocycles. The Balaban J connectivity index is 2.22. The number of nitrogens with one attached hydrogen (secondary N) is 2. The number of carbonyl (C=O) groups is 1. The highest BCUT2D eigenvalue weighted by Crippen LogP contribution is 2.02. The zero-order chi connectivity index (χ0) is 10.6. The summed E-state index contributed by atoms with van der Waals surface area (Å²) in [5, 5.41) is 5.75. The van der Waals surface area contributed by atoms with Crippen molar-refractivity contribution in [1.29, 1.82) is 0 Å². The molecule has 0 spiro atoms. The monoisotopic (exact) mass is 215 g/mol. The largest absolute Gasteiger partial charge is 0.370 e. The highest BCUT2D eigenvalue weighted by molar-refractivity contribution is 7.80. The minimum atomic E-state index is -0.239. The third-order valence-electron chi connectivity index (χ3n) is 1.80. The first kappa shape index (κ1) is 10.7. The van der Waals surface area contributed by atoms with Crippen molar-refractivity contribution >= 4 is 29.2 Å². The van der Waals surface area contributed by atoms with E-state index < -0.39 is 0 Å². The lowest BCUT2D eigenvalue weighted by molar-refractivity contribution is -0.120. The third-order valence-corrected chi connectivity index (χ3v) is 2.02. The molecule has 0 saturated carbocycles. The number of guanidine groups is 1. The molecule has 1 amide bonds. The molecule has 0 aromatic carbocycles. The molecule has 1 heterocycles. The van der Waals surface area contributed by atoms with Crippen molar-refractivity contribution in [3.63, 3.8) is 0 Å². The summed E-state index contributed by atoms with van der Waals surface area (Å²) < 4.78 is 0. The van der Waals surface area contributed by atoms with Gasteiger partial charge in [0.1, 0.15) is 6.04 Å². The first-order valence-corrected chi connectivity index (χ1v) is 4.67. The Morgan fingerprint density at radius 3 is 2.79 bits per heavy atom. The first-order valence-electron chi connectivity index (χ1n) is 4.26. The van der Waals surface area contributed by atoms with Gasteiger partial charge in [0.05, 0.1) is 0 Å². The number of nitrogens with two attached hydrogens (primary N) is 2. The predicted octanol–water partition coefficient (Wildman–Crippen LogP) is -1.59. The van der Waals surface area contributed by atoms with Gasteiger partial charge in [0.2, 0.25) is 5.91 Å². The van der Waals surface area contributed by atoms with Crippen molar-refractivity contribution in [3.05, 3.63) is 0 Å². The van der Waals surface area contributed by atoms with Crippen LogP contribution in [0, 0.1) is 0 Å². The van der Waals surface area contributed by atoms with E-state index in [0.717, 1.165) is 6.42 Å². The van der Waals surface area contributed by atoms with Crippen LogP contribution in [0.1, 0.15) is 12.8 Å². The van der Waals surface area contributed by atoms with Crippen LogP contribution in [0.4, 0.5) is 0 Å². The van der Waals surface area contributed by atoms with Crippen LogP contribution < -0.4 is 22.1 Å². The Kier molecular flexibility index (Phi) is 3.63. The van der Waals surface area contributed by atoms with Gasteiger partial charge in [-0.05, 0) is 25.1 Å². The number of hydrogen-bond acceptors (Lipinski definition) is 3. The van der Waals surface area contributed by atoms with Crippen LogP contribution in [0.25, 0.3) is 0 Å². The topological polar surface area (TPSA) is 106 Å². The van der Waals surface area contributed by atoms with Gasteiger partial charge in [0.15, 0.2) is 11.1 Å². The van der Waals surface area contributed by atoms with Crippen molar-refractivity contribution in [2.45, 2.75) is 18.9 Å². The normalized spacial score (nSPS) is 20.1. The molecule has 0 aromatic rings. The molecule has 1 atom stereocenters. The second-order valence-corrected chi connectivity index (χ2v) is 3.37. The summed E-state index contributed by atoms with van der Waals surface area (Å²) in [7, 11) is 0. The minimum absolute atomic E-state index is 0.0735. The van der Waals surface area contributed by atoms with Gasteiger partial charge in [0, 0.05) is 6.54 Å². The molecule has 1 rings (SSSR count). The summed E-state index contributed by atoms with van der Waals surface area (Å²) in [6.07, 6.45) is 1.41. The van der Waals surface area contributed by atoms with E-state index in [2.05, 4.69) is 15.6 Å². The Morgan fingerprint density at radius 1 is 1.57 bits per heavy atom. The second kappa shape index (κ2) is 4.75. The number of nitrogens with zero attached hydrogens (tertiary/aromatic N) is 1. The summed E-state index contributed by atoms with van der Waals surface area (Å²) >= 11 is 4.78. The van der Waals surface area contributed by atoms with Crippen LogP contribution in [0.2, 0.25) is 0 Å². The molecule has 6 N–H and O–H groups in total. The van der Waals surface area contributed by atoms with Crippen molar-refractivity contribution in [2.75, 3.05) is 6.54 Å². The van der Waals surface area contributed by atoms with Crippen molar-refractivity contribution < 1.29 is 4.79 Å². The molecule has 78 valence electrons. The van der Waals surface area contributed by atoms with Gasteiger partial charge in [-0.2, -0.15) is 0 Å². The van der Waals surface area contributed by atoms with Gasteiger partial charge in [-0.3, -0.25) is 9.79 Å². The van der Waals surface area contributed by atoms with Crippen LogP contribution in [0.3, 0.4) is 0 Å². The Hall–Kier alpha value is -1.37. The Bertz CT molecular complexity index is 273. The lowest BCUT2D eigenvalue weighted by atomic mass is 10.1. The zero-order valence-electron chi connectivity index (χ0n) is 7.62. The molecule has 7 heteroatoms. The van der Waals surface area contributed by atoms with Gasteiger partial charge < -0.3 is 22.1 Å². The summed E-state index contributed by atoms with van der Waals surface area (Å²) in [6.45, 7) is 0.528. The quantitative estimate of drug-likeness (QED) is 0.196. The van der Waals surface area contributed by atoms with Crippen molar-refractivity contribution in [2.24, 2.45) is 16.5 Å². The second-order valence-electron chi connectivity index (χ2n) is 2.96. The van der Waals surface area contributed by atoms with Crippen molar-refractivity contribution in [1.82, 2.24) is 10.6 Å². The zero-order valence-corrected chi connectivity index (χ0v) is 8.43. The van der Waals surface area contributed by atoms with Gasteiger partial charge in [-0.1, -0.05) is 0 Å². The maximum Gasteiger partial charge on any atom is 0.248 e. The average Bonchev–Trinajstić information content (AvgIpc) is 2.39. The van der Waals surface area contributed by atoms with Crippen LogP contribution in [0.5, 0.6) is 0 Å². The summed E-state index contributed by atoms with van der Waals surface area (Å²) in [5.41, 5.74) is 10.3. The fraction of sp³-hybridized carbons (Fsp3) is 0.571. The molecule has 0 unspecified atom stereocenters. The number of carbonyl (C=O) groups excluding carboxylic acids is 1. The third kappa shape index (κ3) is 3.17. The SMILES string of the molecule is NC(N)=NCCC[C@@H]1NC(=S)NC1=O. The molecular formula is C7H13N5OS. The molecular weight excluding hydrogens is 202 g/mol. The first-order chi connectivity index (χ1) is 6.59. The van der Waals surface area contributed by atoms with Crippen molar-refractivity contribution in [3.8, 4) is 0 Å². The molecule has 1 saturated heterocycles. The van der Waals surface area contributed by atoms with E-state index >= 15 is 0 Å².